The van der Waals surface area contributed by atoms with Gasteiger partial charge < -0.3 is 14.0 Å². The molecule has 0 atom stereocenters. The number of nitrogens with zero attached hydrogens (tertiary/aromatic N) is 1. The number of carbonyl (C=O) groups is 1. The predicted octanol–water partition coefficient (Wildman–Crippen LogP) is 7.35. The molecule has 0 bridgehead atoms. The van der Waals surface area contributed by atoms with E-state index in [1.165, 1.54) is 56.1 Å². The molecule has 0 unspecified atom stereocenters. The SMILES string of the molecule is CCCCCCCCCc1ccccc1OCCOC(=O)CCCC[N+](C)(C)Cc1ccccc1. The first-order valence-corrected chi connectivity index (χ1v) is 13.7. The topological polar surface area (TPSA) is 35.5 Å². The summed E-state index contributed by atoms with van der Waals surface area (Å²) < 4.78 is 12.3. The van der Waals surface area contributed by atoms with Crippen molar-refractivity contribution in [2.45, 2.75) is 84.1 Å². The summed E-state index contributed by atoms with van der Waals surface area (Å²) in [7, 11) is 4.49. The minimum Gasteiger partial charge on any atom is -0.490 e. The minimum absolute atomic E-state index is 0.127. The number of hydrogen-bond donors (Lipinski definition) is 0. The van der Waals surface area contributed by atoms with Crippen LogP contribution in [-0.4, -0.2) is 44.3 Å². The van der Waals surface area contributed by atoms with Gasteiger partial charge in [0.1, 0.15) is 25.5 Å². The quantitative estimate of drug-likeness (QED) is 0.119. The fourth-order valence-electron chi connectivity index (χ4n) is 4.47. The van der Waals surface area contributed by atoms with Crippen LogP contribution in [0.2, 0.25) is 0 Å². The number of benzene rings is 2. The normalized spacial score (nSPS) is 11.4. The summed E-state index contributed by atoms with van der Waals surface area (Å²) in [6.07, 6.45) is 12.5. The third-order valence-corrected chi connectivity index (χ3v) is 6.47. The lowest BCUT2D eigenvalue weighted by Crippen LogP contribution is -2.39. The molecular weight excluding hydrogens is 434 g/mol. The van der Waals surface area contributed by atoms with Gasteiger partial charge in [0.05, 0.1) is 20.6 Å². The Kier molecular flexibility index (Phi) is 14.2. The Hall–Kier alpha value is -2.33. The predicted molar refractivity (Wildman–Crippen MR) is 146 cm³/mol. The number of rotatable bonds is 19. The van der Waals surface area contributed by atoms with Crippen molar-refractivity contribution in [2.24, 2.45) is 0 Å². The highest BCUT2D eigenvalue weighted by Gasteiger charge is 2.15. The standard InChI is InChI=1S/C31H48NO3/c1-4-5-6-7-8-9-13-20-29-21-14-15-22-30(29)34-25-26-35-31(33)23-16-17-24-32(2,3)27-28-18-11-10-12-19-28/h10-12,14-15,18-19,21-22H,4-9,13,16-17,20,23-27H2,1-3H3/q+1. The number of quaternary nitrogens is 1. The zero-order valence-electron chi connectivity index (χ0n) is 22.5. The summed E-state index contributed by atoms with van der Waals surface area (Å²) in [6, 6.07) is 18.8. The number of unbranched alkanes of at least 4 members (excludes halogenated alkanes) is 7. The molecule has 4 heteroatoms. The van der Waals surface area contributed by atoms with Gasteiger partial charge in [0, 0.05) is 12.0 Å². The second-order valence-corrected chi connectivity index (χ2v) is 10.3. The molecule has 2 rings (SSSR count). The second kappa shape index (κ2) is 17.2. The molecule has 2 aromatic rings. The van der Waals surface area contributed by atoms with E-state index >= 15 is 0 Å². The van der Waals surface area contributed by atoms with E-state index in [-0.39, 0.29) is 5.97 Å². The molecule has 0 aliphatic rings. The largest absolute Gasteiger partial charge is 0.490 e. The highest BCUT2D eigenvalue weighted by Crippen LogP contribution is 2.21. The van der Waals surface area contributed by atoms with Crippen molar-refractivity contribution in [3.05, 3.63) is 65.7 Å². The monoisotopic (exact) mass is 482 g/mol. The maximum atomic E-state index is 12.1. The molecule has 0 heterocycles. The Labute approximate surface area is 214 Å². The van der Waals surface area contributed by atoms with Gasteiger partial charge in [0.15, 0.2) is 0 Å². The molecule has 0 aliphatic heterocycles. The molecule has 0 saturated heterocycles. The Balaban J connectivity index is 1.56. The summed E-state index contributed by atoms with van der Waals surface area (Å²) in [5.41, 5.74) is 2.60. The average molecular weight is 483 g/mol. The van der Waals surface area contributed by atoms with Crippen molar-refractivity contribution >= 4 is 5.97 Å². The Morgan fingerprint density at radius 2 is 1.46 bits per heavy atom. The summed E-state index contributed by atoms with van der Waals surface area (Å²) in [6.45, 7) is 5.01. The molecule has 0 aromatic heterocycles. The molecule has 0 amide bonds. The molecule has 0 fully saturated rings. The van der Waals surface area contributed by atoms with Gasteiger partial charge in [0.25, 0.3) is 0 Å². The molecule has 35 heavy (non-hydrogen) atoms. The molecule has 0 spiro atoms. The van der Waals surface area contributed by atoms with Crippen LogP contribution in [0.3, 0.4) is 0 Å². The van der Waals surface area contributed by atoms with Crippen molar-refractivity contribution in [3.63, 3.8) is 0 Å². The van der Waals surface area contributed by atoms with Gasteiger partial charge in [-0.1, -0.05) is 94.0 Å². The summed E-state index contributed by atoms with van der Waals surface area (Å²) >= 11 is 0. The van der Waals surface area contributed by atoms with Crippen molar-refractivity contribution in [2.75, 3.05) is 33.9 Å². The smallest absolute Gasteiger partial charge is 0.305 e. The number of aryl methyl sites for hydroxylation is 1. The zero-order valence-corrected chi connectivity index (χ0v) is 22.5. The molecule has 0 saturated carbocycles. The third kappa shape index (κ3) is 13.4. The van der Waals surface area contributed by atoms with E-state index in [1.807, 2.05) is 12.1 Å². The summed E-state index contributed by atoms with van der Waals surface area (Å²) in [5.74, 6) is 0.797. The third-order valence-electron chi connectivity index (χ3n) is 6.47. The number of para-hydroxylation sites is 1. The number of ether oxygens (including phenoxy) is 2. The summed E-state index contributed by atoms with van der Waals surface area (Å²) in [5, 5.41) is 0. The highest BCUT2D eigenvalue weighted by molar-refractivity contribution is 5.69. The van der Waals surface area contributed by atoms with Gasteiger partial charge in [-0.05, 0) is 37.3 Å². The van der Waals surface area contributed by atoms with Gasteiger partial charge in [-0.2, -0.15) is 0 Å². The van der Waals surface area contributed by atoms with E-state index in [0.29, 0.717) is 19.6 Å². The molecular formula is C31H48NO3+. The lowest BCUT2D eigenvalue weighted by Gasteiger charge is -2.30. The van der Waals surface area contributed by atoms with Gasteiger partial charge in [-0.15, -0.1) is 0 Å². The van der Waals surface area contributed by atoms with E-state index in [1.54, 1.807) is 0 Å². The fourth-order valence-corrected chi connectivity index (χ4v) is 4.47. The Morgan fingerprint density at radius 1 is 0.771 bits per heavy atom. The number of hydrogen-bond acceptors (Lipinski definition) is 3. The molecule has 194 valence electrons. The molecule has 0 N–H and O–H groups in total. The first kappa shape index (κ1) is 28.9. The Bertz CT molecular complexity index is 819. The van der Waals surface area contributed by atoms with Crippen molar-refractivity contribution in [3.8, 4) is 5.75 Å². The van der Waals surface area contributed by atoms with Gasteiger partial charge in [0.2, 0.25) is 0 Å². The second-order valence-electron chi connectivity index (χ2n) is 10.3. The van der Waals surface area contributed by atoms with Gasteiger partial charge >= 0.3 is 5.97 Å². The highest BCUT2D eigenvalue weighted by atomic mass is 16.6. The van der Waals surface area contributed by atoms with Crippen LogP contribution < -0.4 is 4.74 Å². The maximum Gasteiger partial charge on any atom is 0.305 e. The van der Waals surface area contributed by atoms with Crippen LogP contribution in [0.1, 0.15) is 82.3 Å². The summed E-state index contributed by atoms with van der Waals surface area (Å²) in [4.78, 5) is 12.1. The van der Waals surface area contributed by atoms with Crippen molar-refractivity contribution in [1.82, 2.24) is 0 Å². The number of carbonyl (C=O) groups excluding carboxylic acids is 1. The van der Waals surface area contributed by atoms with Crippen LogP contribution in [0.15, 0.2) is 54.6 Å². The average Bonchev–Trinajstić information content (AvgIpc) is 2.85. The van der Waals surface area contributed by atoms with E-state index in [2.05, 4.69) is 63.5 Å². The van der Waals surface area contributed by atoms with Crippen LogP contribution >= 0.6 is 0 Å². The van der Waals surface area contributed by atoms with E-state index in [9.17, 15) is 4.79 Å². The molecule has 4 nitrogen and oxygen atoms in total. The van der Waals surface area contributed by atoms with E-state index in [0.717, 1.165) is 42.6 Å². The molecule has 0 radical (unpaired) electrons. The zero-order chi connectivity index (χ0) is 25.2. The lowest BCUT2D eigenvalue weighted by molar-refractivity contribution is -0.903. The first-order chi connectivity index (χ1) is 17.0. The van der Waals surface area contributed by atoms with Crippen LogP contribution in [0.4, 0.5) is 0 Å². The van der Waals surface area contributed by atoms with Gasteiger partial charge in [-0.25, -0.2) is 0 Å². The van der Waals surface area contributed by atoms with Crippen LogP contribution in [0.5, 0.6) is 5.75 Å². The number of esters is 1. The van der Waals surface area contributed by atoms with Gasteiger partial charge in [-0.3, -0.25) is 4.79 Å². The van der Waals surface area contributed by atoms with Crippen LogP contribution in [0, 0.1) is 0 Å². The Morgan fingerprint density at radius 3 is 2.23 bits per heavy atom. The minimum atomic E-state index is -0.127. The lowest BCUT2D eigenvalue weighted by atomic mass is 10.0. The molecule has 0 aliphatic carbocycles. The van der Waals surface area contributed by atoms with Crippen LogP contribution in [0.25, 0.3) is 0 Å². The molecule has 2 aromatic carbocycles. The van der Waals surface area contributed by atoms with E-state index in [4.69, 9.17) is 9.47 Å². The first-order valence-electron chi connectivity index (χ1n) is 13.7. The van der Waals surface area contributed by atoms with Crippen LogP contribution in [-0.2, 0) is 22.5 Å². The van der Waals surface area contributed by atoms with Crippen molar-refractivity contribution < 1.29 is 18.8 Å². The van der Waals surface area contributed by atoms with E-state index < -0.39 is 0 Å². The fraction of sp³-hybridized carbons (Fsp3) is 0.581. The maximum absolute atomic E-state index is 12.1. The van der Waals surface area contributed by atoms with Crippen molar-refractivity contribution in [1.29, 1.82) is 0 Å².